The van der Waals surface area contributed by atoms with E-state index in [1.807, 2.05) is 48.5 Å². The van der Waals surface area contributed by atoms with Crippen molar-refractivity contribution in [2.24, 2.45) is 5.92 Å². The van der Waals surface area contributed by atoms with Gasteiger partial charge in [0.25, 0.3) is 10.2 Å². The molecule has 0 aromatic heterocycles. The van der Waals surface area contributed by atoms with Crippen LogP contribution in [0.3, 0.4) is 0 Å². The van der Waals surface area contributed by atoms with Crippen LogP contribution in [0.4, 0.5) is 4.79 Å². The topological polar surface area (TPSA) is 88.2 Å². The van der Waals surface area contributed by atoms with E-state index in [0.717, 1.165) is 19.3 Å². The lowest BCUT2D eigenvalue weighted by molar-refractivity contribution is -0.0812. The van der Waals surface area contributed by atoms with E-state index in [4.69, 9.17) is 9.47 Å². The van der Waals surface area contributed by atoms with E-state index >= 15 is 0 Å². The quantitative estimate of drug-likeness (QED) is 0.622. The van der Waals surface area contributed by atoms with Gasteiger partial charge in [-0.05, 0) is 60.8 Å². The number of nitrogens with one attached hydrogen (secondary N) is 1. The van der Waals surface area contributed by atoms with Crippen molar-refractivity contribution in [1.82, 2.24) is 13.9 Å². The number of amides is 1. The molecule has 2 rings (SSSR count). The van der Waals surface area contributed by atoms with Gasteiger partial charge in [0.15, 0.2) is 0 Å². The summed E-state index contributed by atoms with van der Waals surface area (Å²) < 4.78 is 41.2. The van der Waals surface area contributed by atoms with Crippen LogP contribution in [0.25, 0.3) is 0 Å². The zero-order chi connectivity index (χ0) is 23.6. The first-order chi connectivity index (χ1) is 14.2. The van der Waals surface area contributed by atoms with Crippen LogP contribution in [0.15, 0.2) is 0 Å². The zero-order valence-corrected chi connectivity index (χ0v) is 21.4. The molecule has 9 heteroatoms. The monoisotopic (exact) mass is 461 g/mol. The highest BCUT2D eigenvalue weighted by molar-refractivity contribution is 7.87. The maximum atomic E-state index is 13.2. The lowest BCUT2D eigenvalue weighted by atomic mass is 9.83. The molecule has 1 saturated heterocycles. The minimum atomic E-state index is -3.64. The van der Waals surface area contributed by atoms with Gasteiger partial charge in [-0.2, -0.15) is 12.7 Å². The fourth-order valence-electron chi connectivity index (χ4n) is 4.80. The van der Waals surface area contributed by atoms with Crippen LogP contribution in [0, 0.1) is 5.92 Å². The van der Waals surface area contributed by atoms with Gasteiger partial charge in [-0.1, -0.05) is 32.1 Å². The smallest absolute Gasteiger partial charge is 0.412 e. The van der Waals surface area contributed by atoms with Gasteiger partial charge in [-0.25, -0.2) is 9.52 Å². The van der Waals surface area contributed by atoms with E-state index in [9.17, 15) is 13.2 Å². The number of rotatable bonds is 7. The second kappa shape index (κ2) is 9.93. The number of hydrogen-bond donors (Lipinski definition) is 1. The van der Waals surface area contributed by atoms with Crippen molar-refractivity contribution in [2.75, 3.05) is 13.6 Å². The molecule has 0 aromatic carbocycles. The fraction of sp³-hybridized carbons (Fsp3) is 0.955. The average molecular weight is 462 g/mol. The lowest BCUT2D eigenvalue weighted by Crippen LogP contribution is -2.52. The van der Waals surface area contributed by atoms with Gasteiger partial charge >= 0.3 is 6.09 Å². The molecular formula is C22H43N3O5S. The van der Waals surface area contributed by atoms with Crippen LogP contribution in [-0.4, -0.2) is 66.8 Å². The predicted molar refractivity (Wildman–Crippen MR) is 122 cm³/mol. The van der Waals surface area contributed by atoms with Gasteiger partial charge < -0.3 is 9.47 Å². The Morgan fingerprint density at radius 3 is 2.29 bits per heavy atom. The van der Waals surface area contributed by atoms with Crippen LogP contribution in [0.5, 0.6) is 0 Å². The molecule has 0 aromatic rings. The Labute approximate surface area is 189 Å². The normalized spacial score (nSPS) is 25.4. The molecule has 2 unspecified atom stereocenters. The molecule has 31 heavy (non-hydrogen) atoms. The third kappa shape index (κ3) is 6.79. The molecule has 8 nitrogen and oxygen atoms in total. The van der Waals surface area contributed by atoms with Gasteiger partial charge in [-0.3, -0.25) is 4.90 Å². The highest BCUT2D eigenvalue weighted by atomic mass is 32.2. The molecule has 1 heterocycles. The number of carbonyl (C=O) groups excluding carboxylic acids is 1. The summed E-state index contributed by atoms with van der Waals surface area (Å²) in [6, 6.07) is -0.490. The molecule has 2 atom stereocenters. The second-order valence-electron chi connectivity index (χ2n) is 10.6. The van der Waals surface area contributed by atoms with Crippen molar-refractivity contribution in [2.45, 2.75) is 117 Å². The molecule has 0 spiro atoms. The first-order valence-corrected chi connectivity index (χ1v) is 13.0. The summed E-state index contributed by atoms with van der Waals surface area (Å²) in [5.41, 5.74) is -1.52. The van der Waals surface area contributed by atoms with Gasteiger partial charge in [0, 0.05) is 19.6 Å². The molecule has 2 fully saturated rings. The van der Waals surface area contributed by atoms with E-state index in [1.165, 1.54) is 30.6 Å². The van der Waals surface area contributed by atoms with Crippen LogP contribution in [0.2, 0.25) is 0 Å². The average Bonchev–Trinajstić information content (AvgIpc) is 2.88. The second-order valence-corrected chi connectivity index (χ2v) is 12.5. The highest BCUT2D eigenvalue weighted by Crippen LogP contribution is 2.39. The summed E-state index contributed by atoms with van der Waals surface area (Å²) in [5, 5.41) is 0. The molecule has 1 aliphatic heterocycles. The highest BCUT2D eigenvalue weighted by Gasteiger charge is 2.52. The number of hydrogen-bond acceptors (Lipinski definition) is 5. The Balaban J connectivity index is 2.36. The number of nitrogens with zero attached hydrogens (tertiary/aromatic N) is 2. The van der Waals surface area contributed by atoms with E-state index in [2.05, 4.69) is 4.72 Å². The van der Waals surface area contributed by atoms with Crippen molar-refractivity contribution >= 4 is 16.3 Å². The van der Waals surface area contributed by atoms with E-state index in [1.54, 1.807) is 4.90 Å². The minimum Gasteiger partial charge on any atom is -0.444 e. The molecular weight excluding hydrogens is 418 g/mol. The summed E-state index contributed by atoms with van der Waals surface area (Å²) in [4.78, 5) is 14.9. The molecule has 1 amide bonds. The maximum Gasteiger partial charge on any atom is 0.412 e. The van der Waals surface area contributed by atoms with Crippen molar-refractivity contribution in [3.63, 3.8) is 0 Å². The van der Waals surface area contributed by atoms with Crippen LogP contribution < -0.4 is 4.72 Å². The van der Waals surface area contributed by atoms with Gasteiger partial charge in [-0.15, -0.1) is 0 Å². The molecule has 1 aliphatic carbocycles. The van der Waals surface area contributed by atoms with Crippen molar-refractivity contribution < 1.29 is 22.7 Å². The van der Waals surface area contributed by atoms with Crippen LogP contribution in [0.1, 0.15) is 87.0 Å². The Hall–Kier alpha value is -0.900. The van der Waals surface area contributed by atoms with Crippen molar-refractivity contribution in [1.29, 1.82) is 0 Å². The third-order valence-corrected chi connectivity index (χ3v) is 7.88. The summed E-state index contributed by atoms with van der Waals surface area (Å²) in [5.74, 6) is 0.497. The minimum absolute atomic E-state index is 0.182. The largest absolute Gasteiger partial charge is 0.444 e. The van der Waals surface area contributed by atoms with Gasteiger partial charge in [0.1, 0.15) is 11.3 Å². The summed E-state index contributed by atoms with van der Waals surface area (Å²) in [6.45, 7) is 13.1. The lowest BCUT2D eigenvalue weighted by Gasteiger charge is -2.37. The number of carbonyl (C=O) groups is 1. The van der Waals surface area contributed by atoms with Gasteiger partial charge in [0.2, 0.25) is 0 Å². The summed E-state index contributed by atoms with van der Waals surface area (Å²) >= 11 is 0. The van der Waals surface area contributed by atoms with Gasteiger partial charge in [0.05, 0.1) is 12.1 Å². The molecule has 1 saturated carbocycles. The fourth-order valence-corrected chi connectivity index (χ4v) is 5.93. The van der Waals surface area contributed by atoms with E-state index < -0.39 is 33.7 Å². The third-order valence-electron chi connectivity index (χ3n) is 6.17. The Bertz CT molecular complexity index is 711. The molecule has 0 bridgehead atoms. The van der Waals surface area contributed by atoms with E-state index in [-0.39, 0.29) is 18.6 Å². The standard InChI is InChI=1S/C22H43N3O5S/c1-16(2)24(31(27,28)23-8)15-19-18(14-17-12-10-9-11-13-17)25(22(6,7)29-19)20(26)30-21(3,4)5/h16-19,23H,9-15H2,1-8H3. The summed E-state index contributed by atoms with van der Waals surface area (Å²) in [7, 11) is -2.23. The van der Waals surface area contributed by atoms with Crippen molar-refractivity contribution in [3.8, 4) is 0 Å². The molecule has 1 N–H and O–H groups in total. The Kier molecular flexibility index (Phi) is 8.44. The Morgan fingerprint density at radius 2 is 1.81 bits per heavy atom. The maximum absolute atomic E-state index is 13.2. The number of ether oxygens (including phenoxy) is 2. The molecule has 0 radical (unpaired) electrons. The molecule has 2 aliphatic rings. The molecule has 182 valence electrons. The first-order valence-electron chi connectivity index (χ1n) is 11.6. The zero-order valence-electron chi connectivity index (χ0n) is 20.6. The summed E-state index contributed by atoms with van der Waals surface area (Å²) in [6.07, 6.45) is 5.87. The predicted octanol–water partition coefficient (Wildman–Crippen LogP) is 3.87. The van der Waals surface area contributed by atoms with Crippen LogP contribution in [-0.2, 0) is 19.7 Å². The Morgan fingerprint density at radius 1 is 1.23 bits per heavy atom. The first kappa shape index (κ1) is 26.4. The van der Waals surface area contributed by atoms with Crippen LogP contribution >= 0.6 is 0 Å². The SMILES string of the molecule is CNS(=O)(=O)N(CC1OC(C)(C)N(C(=O)OC(C)(C)C)C1CC1CCCCC1)C(C)C. The van der Waals surface area contributed by atoms with E-state index in [0.29, 0.717) is 5.92 Å². The van der Waals surface area contributed by atoms with Crippen molar-refractivity contribution in [3.05, 3.63) is 0 Å².